The normalized spacial score (nSPS) is 18.0. The van der Waals surface area contributed by atoms with Crippen molar-refractivity contribution in [2.24, 2.45) is 0 Å². The maximum absolute atomic E-state index is 13.4. The molecule has 1 amide bonds. The van der Waals surface area contributed by atoms with E-state index in [0.717, 1.165) is 28.8 Å². The first kappa shape index (κ1) is 18.4. The molecular weight excluding hydrogens is 346 g/mol. The largest absolute Gasteiger partial charge is 0.300 e. The summed E-state index contributed by atoms with van der Waals surface area (Å²) in [6.07, 6.45) is 2.37. The van der Waals surface area contributed by atoms with Crippen molar-refractivity contribution in [3.63, 3.8) is 0 Å². The van der Waals surface area contributed by atoms with E-state index in [1.54, 1.807) is 11.0 Å². The van der Waals surface area contributed by atoms with Crippen LogP contribution in [0.15, 0.2) is 53.9 Å². The predicted octanol–water partition coefficient (Wildman–Crippen LogP) is 3.82. The van der Waals surface area contributed by atoms with E-state index in [4.69, 9.17) is 0 Å². The number of carbonyl (C=O) groups is 1. The van der Waals surface area contributed by atoms with Crippen LogP contribution in [0, 0.1) is 13.8 Å². The second-order valence-electron chi connectivity index (χ2n) is 6.76. The van der Waals surface area contributed by atoms with Crippen LogP contribution in [-0.2, 0) is 16.3 Å². The molecule has 3 rings (SSSR count). The molecule has 0 N–H and O–H groups in total. The van der Waals surface area contributed by atoms with Crippen LogP contribution in [0.3, 0.4) is 0 Å². The van der Waals surface area contributed by atoms with E-state index >= 15 is 0 Å². The minimum Gasteiger partial charge on any atom is -0.300 e. The molecule has 0 saturated heterocycles. The van der Waals surface area contributed by atoms with Crippen LogP contribution < -0.4 is 4.90 Å². The molecule has 2 aromatic rings. The van der Waals surface area contributed by atoms with Gasteiger partial charge < -0.3 is 4.90 Å². The van der Waals surface area contributed by atoms with Crippen molar-refractivity contribution >= 4 is 21.4 Å². The fourth-order valence-electron chi connectivity index (χ4n) is 3.44. The Morgan fingerprint density at radius 1 is 1.12 bits per heavy atom. The molecule has 1 aliphatic heterocycles. The topological polar surface area (TPSA) is 54.5 Å². The first-order chi connectivity index (χ1) is 12.3. The van der Waals surface area contributed by atoms with E-state index in [2.05, 4.69) is 0 Å². The minimum atomic E-state index is -3.27. The van der Waals surface area contributed by atoms with E-state index in [-0.39, 0.29) is 11.7 Å². The van der Waals surface area contributed by atoms with Gasteiger partial charge in [0.05, 0.1) is 11.8 Å². The summed E-state index contributed by atoms with van der Waals surface area (Å²) in [7, 11) is -3.27. The standard InChI is InChI=1S/C21H23NO3S/c1-4-17-7-5-6-8-20(17)22(19-9-10-26(24,25)14-19)21(23)18-12-15(2)11-16(3)13-18/h5-13,19H,4,14H2,1-3H3/t19-/m0/s1. The lowest BCUT2D eigenvalue weighted by Crippen LogP contribution is -2.41. The molecule has 136 valence electrons. The number of anilines is 1. The molecule has 0 aromatic heterocycles. The van der Waals surface area contributed by atoms with Crippen LogP contribution in [0.4, 0.5) is 5.69 Å². The molecule has 0 saturated carbocycles. The summed E-state index contributed by atoms with van der Waals surface area (Å²) in [4.78, 5) is 15.0. The van der Waals surface area contributed by atoms with Crippen molar-refractivity contribution in [1.29, 1.82) is 0 Å². The SMILES string of the molecule is CCc1ccccc1N(C(=O)c1cc(C)cc(C)c1)[C@H]1C=CS(=O)(=O)C1. The quantitative estimate of drug-likeness (QED) is 0.823. The molecule has 1 atom stereocenters. The first-order valence-corrected chi connectivity index (χ1v) is 10.4. The van der Waals surface area contributed by atoms with Crippen molar-refractivity contribution in [1.82, 2.24) is 0 Å². The lowest BCUT2D eigenvalue weighted by molar-refractivity contribution is 0.0982. The van der Waals surface area contributed by atoms with Gasteiger partial charge in [-0.2, -0.15) is 0 Å². The molecule has 0 spiro atoms. The van der Waals surface area contributed by atoms with E-state index in [1.807, 2.05) is 63.2 Å². The number of nitrogens with zero attached hydrogens (tertiary/aromatic N) is 1. The Morgan fingerprint density at radius 2 is 1.77 bits per heavy atom. The Morgan fingerprint density at radius 3 is 2.35 bits per heavy atom. The molecule has 2 aromatic carbocycles. The number of carbonyl (C=O) groups excluding carboxylic acids is 1. The van der Waals surface area contributed by atoms with Gasteiger partial charge in [0.25, 0.3) is 5.91 Å². The highest BCUT2D eigenvalue weighted by Gasteiger charge is 2.33. The highest BCUT2D eigenvalue weighted by molar-refractivity contribution is 7.94. The summed E-state index contributed by atoms with van der Waals surface area (Å²) >= 11 is 0. The summed E-state index contributed by atoms with van der Waals surface area (Å²) in [5, 5.41) is 1.22. The van der Waals surface area contributed by atoms with Gasteiger partial charge >= 0.3 is 0 Å². The smallest absolute Gasteiger partial charge is 0.258 e. The van der Waals surface area contributed by atoms with Crippen LogP contribution in [0.2, 0.25) is 0 Å². The minimum absolute atomic E-state index is 0.0818. The number of benzene rings is 2. The first-order valence-electron chi connectivity index (χ1n) is 8.71. The molecule has 1 heterocycles. The van der Waals surface area contributed by atoms with Gasteiger partial charge in [0.1, 0.15) is 0 Å². The molecule has 5 heteroatoms. The van der Waals surface area contributed by atoms with Crippen molar-refractivity contribution in [3.05, 3.63) is 76.2 Å². The Balaban J connectivity index is 2.11. The average molecular weight is 369 g/mol. The number of hydrogen-bond acceptors (Lipinski definition) is 3. The number of para-hydroxylation sites is 1. The van der Waals surface area contributed by atoms with Crippen LogP contribution in [-0.4, -0.2) is 26.1 Å². The lowest BCUT2D eigenvalue weighted by atomic mass is 10.0. The van der Waals surface area contributed by atoms with Crippen LogP contribution in [0.5, 0.6) is 0 Å². The summed E-state index contributed by atoms with van der Waals surface area (Å²) in [5.41, 5.74) is 4.37. The third kappa shape index (κ3) is 3.73. The summed E-state index contributed by atoms with van der Waals surface area (Å²) < 4.78 is 23.9. The summed E-state index contributed by atoms with van der Waals surface area (Å²) in [5.74, 6) is -0.258. The highest BCUT2D eigenvalue weighted by atomic mass is 32.2. The number of amides is 1. The van der Waals surface area contributed by atoms with Gasteiger partial charge in [-0.3, -0.25) is 4.79 Å². The van der Waals surface area contributed by atoms with Gasteiger partial charge in [-0.05, 0) is 50.1 Å². The third-order valence-corrected chi connectivity index (χ3v) is 5.94. The van der Waals surface area contributed by atoms with Gasteiger partial charge in [0.2, 0.25) is 0 Å². The second kappa shape index (κ2) is 7.08. The maximum atomic E-state index is 13.4. The number of rotatable bonds is 4. The van der Waals surface area contributed by atoms with Crippen molar-refractivity contribution < 1.29 is 13.2 Å². The molecule has 0 aliphatic carbocycles. The number of sulfone groups is 1. The van der Waals surface area contributed by atoms with Crippen LogP contribution in [0.1, 0.15) is 34.0 Å². The van der Waals surface area contributed by atoms with Crippen LogP contribution >= 0.6 is 0 Å². The van der Waals surface area contributed by atoms with Gasteiger partial charge in [-0.15, -0.1) is 0 Å². The Labute approximate surface area is 155 Å². The Hall–Kier alpha value is -2.40. The average Bonchev–Trinajstić information content (AvgIpc) is 2.94. The monoisotopic (exact) mass is 369 g/mol. The molecule has 0 unspecified atom stereocenters. The third-order valence-electron chi connectivity index (χ3n) is 4.56. The molecule has 0 radical (unpaired) electrons. The maximum Gasteiger partial charge on any atom is 0.258 e. The van der Waals surface area contributed by atoms with Gasteiger partial charge in [0, 0.05) is 16.7 Å². The van der Waals surface area contributed by atoms with Crippen molar-refractivity contribution in [3.8, 4) is 0 Å². The van der Waals surface area contributed by atoms with E-state index in [0.29, 0.717) is 5.56 Å². The predicted molar refractivity (Wildman–Crippen MR) is 105 cm³/mol. The summed E-state index contributed by atoms with van der Waals surface area (Å²) in [6.45, 7) is 5.93. The molecule has 0 fully saturated rings. The number of hydrogen-bond donors (Lipinski definition) is 0. The second-order valence-corrected chi connectivity index (χ2v) is 8.69. The Kier molecular flexibility index (Phi) is 5.01. The molecule has 1 aliphatic rings. The van der Waals surface area contributed by atoms with Crippen molar-refractivity contribution in [2.75, 3.05) is 10.7 Å². The number of aryl methyl sites for hydroxylation is 3. The Bertz CT molecular complexity index is 956. The van der Waals surface area contributed by atoms with Crippen molar-refractivity contribution in [2.45, 2.75) is 33.2 Å². The van der Waals surface area contributed by atoms with Gasteiger partial charge in [-0.25, -0.2) is 8.42 Å². The lowest BCUT2D eigenvalue weighted by Gasteiger charge is -2.30. The molecule has 0 bridgehead atoms. The van der Waals surface area contributed by atoms with Gasteiger partial charge in [0.15, 0.2) is 9.84 Å². The van der Waals surface area contributed by atoms with Crippen LogP contribution in [0.25, 0.3) is 0 Å². The zero-order chi connectivity index (χ0) is 18.9. The molecule has 4 nitrogen and oxygen atoms in total. The zero-order valence-corrected chi connectivity index (χ0v) is 16.1. The highest BCUT2D eigenvalue weighted by Crippen LogP contribution is 2.29. The van der Waals surface area contributed by atoms with E-state index in [1.165, 1.54) is 5.41 Å². The van der Waals surface area contributed by atoms with E-state index < -0.39 is 15.9 Å². The molecule has 26 heavy (non-hydrogen) atoms. The van der Waals surface area contributed by atoms with E-state index in [9.17, 15) is 13.2 Å². The van der Waals surface area contributed by atoms with Gasteiger partial charge in [-0.1, -0.05) is 42.3 Å². The molecular formula is C21H23NO3S. The zero-order valence-electron chi connectivity index (χ0n) is 15.3. The summed E-state index contributed by atoms with van der Waals surface area (Å²) in [6, 6.07) is 12.9. The fourth-order valence-corrected chi connectivity index (χ4v) is 4.71. The fraction of sp³-hybridized carbons (Fsp3) is 0.286.